The number of benzene rings is 2. The van der Waals surface area contributed by atoms with Crippen LogP contribution in [0.2, 0.25) is 0 Å². The lowest BCUT2D eigenvalue weighted by Gasteiger charge is -2.08. The number of esters is 1. The molecule has 0 aliphatic rings. The standard InChI is InChI=1S/C15H10N4O4/c1-9(20)23-14-10(5-4-8-13(14)19(21)22)15-16-11-6-2-3-7-12(11)17-18-15/h2-8H,1H3. The number of carbonyl (C=O) groups excluding carboxylic acids is 1. The summed E-state index contributed by atoms with van der Waals surface area (Å²) in [6, 6.07) is 11.3. The summed E-state index contributed by atoms with van der Waals surface area (Å²) in [4.78, 5) is 26.1. The van der Waals surface area contributed by atoms with Crippen LogP contribution in [0.1, 0.15) is 6.92 Å². The van der Waals surface area contributed by atoms with Crippen LogP contribution in [0.15, 0.2) is 42.5 Å². The molecule has 3 aromatic rings. The smallest absolute Gasteiger partial charge is 0.312 e. The molecule has 8 nitrogen and oxygen atoms in total. The van der Waals surface area contributed by atoms with E-state index in [0.717, 1.165) is 0 Å². The van der Waals surface area contributed by atoms with Gasteiger partial charge in [0.05, 0.1) is 16.0 Å². The number of rotatable bonds is 3. The van der Waals surface area contributed by atoms with E-state index < -0.39 is 10.9 Å². The van der Waals surface area contributed by atoms with Gasteiger partial charge in [0, 0.05) is 13.0 Å². The van der Waals surface area contributed by atoms with Crippen LogP contribution < -0.4 is 4.74 Å². The molecule has 0 spiro atoms. The van der Waals surface area contributed by atoms with Gasteiger partial charge >= 0.3 is 11.7 Å². The van der Waals surface area contributed by atoms with Gasteiger partial charge in [-0.05, 0) is 18.2 Å². The number of para-hydroxylation sites is 2. The summed E-state index contributed by atoms with van der Waals surface area (Å²) in [5.74, 6) is -0.722. The maximum absolute atomic E-state index is 11.3. The van der Waals surface area contributed by atoms with Gasteiger partial charge in [-0.1, -0.05) is 18.2 Å². The zero-order valence-corrected chi connectivity index (χ0v) is 12.0. The van der Waals surface area contributed by atoms with Crippen LogP contribution in [0, 0.1) is 10.1 Å². The van der Waals surface area contributed by atoms with Crippen molar-refractivity contribution in [2.24, 2.45) is 0 Å². The largest absolute Gasteiger partial charge is 0.419 e. The van der Waals surface area contributed by atoms with Crippen LogP contribution in [0.4, 0.5) is 5.69 Å². The Kier molecular flexibility index (Phi) is 3.63. The minimum atomic E-state index is -0.672. The molecule has 0 aliphatic heterocycles. The average molecular weight is 310 g/mol. The van der Waals surface area contributed by atoms with Crippen molar-refractivity contribution in [3.05, 3.63) is 52.6 Å². The van der Waals surface area contributed by atoms with Crippen molar-refractivity contribution in [3.8, 4) is 17.1 Å². The van der Waals surface area contributed by atoms with Gasteiger partial charge in [-0.2, -0.15) is 0 Å². The maximum Gasteiger partial charge on any atom is 0.312 e. The first-order valence-corrected chi connectivity index (χ1v) is 6.62. The number of nitrogens with zero attached hydrogens (tertiary/aromatic N) is 4. The fraction of sp³-hybridized carbons (Fsp3) is 0.0667. The highest BCUT2D eigenvalue weighted by Crippen LogP contribution is 2.36. The Labute approximate surface area is 129 Å². The molecule has 0 saturated carbocycles. The number of carbonyl (C=O) groups is 1. The lowest BCUT2D eigenvalue weighted by atomic mass is 10.1. The van der Waals surface area contributed by atoms with Gasteiger partial charge in [-0.25, -0.2) is 4.98 Å². The molecule has 114 valence electrons. The van der Waals surface area contributed by atoms with Crippen LogP contribution in [0.25, 0.3) is 22.4 Å². The third-order valence-corrected chi connectivity index (χ3v) is 3.04. The molecule has 3 rings (SSSR count). The Balaban J connectivity index is 2.22. The maximum atomic E-state index is 11.3. The number of aromatic nitrogens is 3. The minimum Gasteiger partial charge on any atom is -0.419 e. The van der Waals surface area contributed by atoms with Crippen LogP contribution in [-0.2, 0) is 4.79 Å². The van der Waals surface area contributed by atoms with Gasteiger partial charge in [0.25, 0.3) is 0 Å². The van der Waals surface area contributed by atoms with Crippen LogP contribution >= 0.6 is 0 Å². The summed E-state index contributed by atoms with van der Waals surface area (Å²) in [5.41, 5.74) is 1.07. The number of ether oxygens (including phenoxy) is 1. The second-order valence-electron chi connectivity index (χ2n) is 4.63. The van der Waals surface area contributed by atoms with Gasteiger partial charge in [0.2, 0.25) is 5.75 Å². The number of hydrogen-bond donors (Lipinski definition) is 0. The van der Waals surface area contributed by atoms with Crippen LogP contribution in [0.3, 0.4) is 0 Å². The molecule has 23 heavy (non-hydrogen) atoms. The number of nitro groups is 1. The molecule has 0 saturated heterocycles. The molecule has 0 atom stereocenters. The van der Waals surface area contributed by atoms with Crippen molar-refractivity contribution in [1.29, 1.82) is 0 Å². The Hall–Kier alpha value is -3.42. The molecule has 1 heterocycles. The highest BCUT2D eigenvalue weighted by molar-refractivity contribution is 5.80. The van der Waals surface area contributed by atoms with E-state index in [1.54, 1.807) is 24.3 Å². The fourth-order valence-electron chi connectivity index (χ4n) is 2.09. The van der Waals surface area contributed by atoms with Gasteiger partial charge in [-0.15, -0.1) is 10.2 Å². The monoisotopic (exact) mass is 310 g/mol. The summed E-state index contributed by atoms with van der Waals surface area (Å²) < 4.78 is 5.02. The fourth-order valence-corrected chi connectivity index (χ4v) is 2.09. The first-order valence-electron chi connectivity index (χ1n) is 6.62. The molecular weight excluding hydrogens is 300 g/mol. The van der Waals surface area contributed by atoms with Gasteiger partial charge < -0.3 is 4.74 Å². The molecule has 0 aliphatic carbocycles. The zero-order chi connectivity index (χ0) is 16.4. The number of nitro benzene ring substituents is 1. The summed E-state index contributed by atoms with van der Waals surface area (Å²) in [5, 5.41) is 19.2. The third-order valence-electron chi connectivity index (χ3n) is 3.04. The molecule has 0 fully saturated rings. The molecule has 2 aromatic carbocycles. The van der Waals surface area contributed by atoms with Crippen molar-refractivity contribution in [2.75, 3.05) is 0 Å². The molecule has 0 bridgehead atoms. The molecule has 0 N–H and O–H groups in total. The van der Waals surface area contributed by atoms with Gasteiger partial charge in [-0.3, -0.25) is 14.9 Å². The summed E-state index contributed by atoms with van der Waals surface area (Å²) in [6.45, 7) is 1.17. The van der Waals surface area contributed by atoms with Gasteiger partial charge in [0.15, 0.2) is 5.82 Å². The topological polar surface area (TPSA) is 108 Å². The van der Waals surface area contributed by atoms with E-state index in [9.17, 15) is 14.9 Å². The molecule has 0 amide bonds. The first-order chi connectivity index (χ1) is 11.1. The molecule has 8 heteroatoms. The average Bonchev–Trinajstić information content (AvgIpc) is 2.54. The van der Waals surface area contributed by atoms with Crippen LogP contribution in [-0.4, -0.2) is 26.1 Å². The predicted octanol–water partition coefficient (Wildman–Crippen LogP) is 2.53. The zero-order valence-electron chi connectivity index (χ0n) is 12.0. The van der Waals surface area contributed by atoms with E-state index in [0.29, 0.717) is 11.0 Å². The van der Waals surface area contributed by atoms with Crippen molar-refractivity contribution in [2.45, 2.75) is 6.92 Å². The van der Waals surface area contributed by atoms with E-state index in [2.05, 4.69) is 15.2 Å². The van der Waals surface area contributed by atoms with Crippen LogP contribution in [0.5, 0.6) is 5.75 Å². The summed E-state index contributed by atoms with van der Waals surface area (Å²) >= 11 is 0. The Morgan fingerprint density at radius 3 is 2.52 bits per heavy atom. The van der Waals surface area contributed by atoms with Crippen molar-refractivity contribution in [3.63, 3.8) is 0 Å². The third kappa shape index (κ3) is 2.82. The molecule has 1 aromatic heterocycles. The lowest BCUT2D eigenvalue weighted by molar-refractivity contribution is -0.385. The lowest BCUT2D eigenvalue weighted by Crippen LogP contribution is -2.06. The van der Waals surface area contributed by atoms with E-state index >= 15 is 0 Å². The van der Waals surface area contributed by atoms with Crippen molar-refractivity contribution in [1.82, 2.24) is 15.2 Å². The van der Waals surface area contributed by atoms with E-state index in [-0.39, 0.29) is 22.8 Å². The van der Waals surface area contributed by atoms with Crippen molar-refractivity contribution < 1.29 is 14.5 Å². The van der Waals surface area contributed by atoms with E-state index in [1.807, 2.05) is 0 Å². The van der Waals surface area contributed by atoms with E-state index in [4.69, 9.17) is 4.74 Å². The minimum absolute atomic E-state index is 0.142. The molecule has 0 radical (unpaired) electrons. The Bertz CT molecular complexity index is 926. The quantitative estimate of drug-likeness (QED) is 0.316. The molecule has 0 unspecified atom stereocenters. The van der Waals surface area contributed by atoms with Gasteiger partial charge in [0.1, 0.15) is 5.52 Å². The number of fused-ring (bicyclic) bond motifs is 1. The number of hydrogen-bond acceptors (Lipinski definition) is 7. The summed E-state index contributed by atoms with van der Waals surface area (Å²) in [7, 11) is 0. The summed E-state index contributed by atoms with van der Waals surface area (Å²) in [6.07, 6.45) is 0. The Morgan fingerprint density at radius 1 is 1.09 bits per heavy atom. The first kappa shape index (κ1) is 14.5. The predicted molar refractivity (Wildman–Crippen MR) is 80.7 cm³/mol. The molecular formula is C15H10N4O4. The second-order valence-corrected chi connectivity index (χ2v) is 4.63. The highest BCUT2D eigenvalue weighted by atomic mass is 16.6. The highest BCUT2D eigenvalue weighted by Gasteiger charge is 2.23. The van der Waals surface area contributed by atoms with E-state index in [1.165, 1.54) is 25.1 Å². The normalized spacial score (nSPS) is 10.5. The SMILES string of the molecule is CC(=O)Oc1c(-c2nnc3ccccc3n2)cccc1[N+](=O)[O-]. The van der Waals surface area contributed by atoms with Crippen molar-refractivity contribution >= 4 is 22.7 Å². The Morgan fingerprint density at radius 2 is 1.83 bits per heavy atom. The second kappa shape index (κ2) is 5.76.